The van der Waals surface area contributed by atoms with Crippen molar-refractivity contribution in [2.45, 2.75) is 6.54 Å². The van der Waals surface area contributed by atoms with Gasteiger partial charge < -0.3 is 0 Å². The van der Waals surface area contributed by atoms with Crippen LogP contribution in [0.3, 0.4) is 0 Å². The molecule has 0 bridgehead atoms. The predicted molar refractivity (Wildman–Crippen MR) is 68.7 cm³/mol. The highest BCUT2D eigenvalue weighted by atomic mass is 35.5. The molecule has 0 aliphatic carbocycles. The van der Waals surface area contributed by atoms with E-state index < -0.39 is 0 Å². The third kappa shape index (κ3) is 2.17. The lowest BCUT2D eigenvalue weighted by atomic mass is 10.2. The van der Waals surface area contributed by atoms with Crippen molar-refractivity contribution in [3.05, 3.63) is 57.1 Å². The van der Waals surface area contributed by atoms with E-state index in [2.05, 4.69) is 11.7 Å². The van der Waals surface area contributed by atoms with Gasteiger partial charge in [-0.05, 0) is 17.7 Å². The fraction of sp³-hybridized carbons (Fsp3) is 0.167. The van der Waals surface area contributed by atoms with Crippen molar-refractivity contribution in [2.75, 3.05) is 5.88 Å². The summed E-state index contributed by atoms with van der Waals surface area (Å²) in [7, 11) is 0. The van der Waals surface area contributed by atoms with Gasteiger partial charge in [0.05, 0.1) is 17.3 Å². The van der Waals surface area contributed by atoms with Crippen molar-refractivity contribution in [1.82, 2.24) is 9.78 Å². The summed E-state index contributed by atoms with van der Waals surface area (Å²) in [6, 6.07) is 6.70. The number of H-pyrrole nitrogens is 1. The third-order valence-corrected chi connectivity index (χ3v) is 2.83. The summed E-state index contributed by atoms with van der Waals surface area (Å²) >= 11 is 5.61. The Hall–Kier alpha value is -1.81. The molecular weight excluding hydrogens is 240 g/mol. The predicted octanol–water partition coefficient (Wildman–Crippen LogP) is 1.48. The molecule has 0 saturated carbocycles. The van der Waals surface area contributed by atoms with E-state index in [9.17, 15) is 9.59 Å². The third-order valence-electron chi connectivity index (χ3n) is 2.45. The lowest BCUT2D eigenvalue weighted by Crippen LogP contribution is -2.30. The van der Waals surface area contributed by atoms with Crippen LogP contribution < -0.4 is 11.1 Å². The number of aromatic nitrogens is 2. The highest BCUT2D eigenvalue weighted by molar-refractivity contribution is 6.19. The largest absolute Gasteiger partial charge is 0.273 e. The van der Waals surface area contributed by atoms with Crippen LogP contribution in [0.4, 0.5) is 0 Å². The van der Waals surface area contributed by atoms with Crippen molar-refractivity contribution < 1.29 is 0 Å². The molecule has 5 heteroatoms. The van der Waals surface area contributed by atoms with E-state index in [-0.39, 0.29) is 23.5 Å². The number of fused-ring (bicyclic) bond motifs is 1. The average molecular weight is 251 g/mol. The minimum absolute atomic E-state index is 0.225. The first-order valence-electron chi connectivity index (χ1n) is 5.08. The molecule has 0 fully saturated rings. The van der Waals surface area contributed by atoms with Crippen LogP contribution in [-0.4, -0.2) is 15.7 Å². The second-order valence-electron chi connectivity index (χ2n) is 3.76. The number of alkyl halides is 1. The molecule has 17 heavy (non-hydrogen) atoms. The first kappa shape index (κ1) is 11.7. The second kappa shape index (κ2) is 4.59. The maximum atomic E-state index is 12.0. The van der Waals surface area contributed by atoms with Gasteiger partial charge in [-0.3, -0.25) is 14.7 Å². The zero-order valence-electron chi connectivity index (χ0n) is 9.07. The summed E-state index contributed by atoms with van der Waals surface area (Å²) in [5.74, 6) is 0.251. The summed E-state index contributed by atoms with van der Waals surface area (Å²) in [5, 5.41) is 3.31. The van der Waals surface area contributed by atoms with Gasteiger partial charge in [0.1, 0.15) is 0 Å². The minimum atomic E-state index is -0.289. The number of nitrogens with zero attached hydrogens (tertiary/aromatic N) is 1. The van der Waals surface area contributed by atoms with Crippen molar-refractivity contribution in [3.8, 4) is 0 Å². The summed E-state index contributed by atoms with van der Waals surface area (Å²) in [6.07, 6.45) is 0. The van der Waals surface area contributed by atoms with E-state index in [0.717, 1.165) is 0 Å². The monoisotopic (exact) mass is 250 g/mol. The van der Waals surface area contributed by atoms with Crippen LogP contribution in [0.1, 0.15) is 0 Å². The number of hydrogen-bond donors (Lipinski definition) is 1. The summed E-state index contributed by atoms with van der Waals surface area (Å²) < 4.78 is 1.23. The van der Waals surface area contributed by atoms with E-state index in [1.54, 1.807) is 24.3 Å². The number of hydrogen-bond acceptors (Lipinski definition) is 2. The SMILES string of the molecule is C=C(CCl)Cn1[nH]c(=O)c2ccccc2c1=O. The molecule has 0 radical (unpaired) electrons. The molecule has 0 amide bonds. The first-order chi connectivity index (χ1) is 8.13. The lowest BCUT2D eigenvalue weighted by molar-refractivity contribution is 0.631. The van der Waals surface area contributed by atoms with Crippen molar-refractivity contribution in [1.29, 1.82) is 0 Å². The maximum Gasteiger partial charge on any atom is 0.273 e. The minimum Gasteiger partial charge on any atom is -0.267 e. The molecule has 0 saturated heterocycles. The van der Waals surface area contributed by atoms with Crippen LogP contribution in [-0.2, 0) is 6.54 Å². The number of benzene rings is 1. The Labute approximate surface area is 102 Å². The number of rotatable bonds is 3. The molecule has 0 aliphatic rings. The Morgan fingerprint density at radius 2 is 1.94 bits per heavy atom. The van der Waals surface area contributed by atoms with Gasteiger partial charge in [0.15, 0.2) is 0 Å². The van der Waals surface area contributed by atoms with E-state index >= 15 is 0 Å². The Morgan fingerprint density at radius 3 is 2.59 bits per heavy atom. The van der Waals surface area contributed by atoms with Crippen LogP contribution in [0.5, 0.6) is 0 Å². The zero-order chi connectivity index (χ0) is 12.4. The van der Waals surface area contributed by atoms with Gasteiger partial charge in [0, 0.05) is 5.88 Å². The number of halogens is 1. The first-order valence-corrected chi connectivity index (χ1v) is 5.61. The van der Waals surface area contributed by atoms with Crippen LogP contribution in [0, 0.1) is 0 Å². The molecular formula is C12H11ClN2O2. The second-order valence-corrected chi connectivity index (χ2v) is 4.03. The topological polar surface area (TPSA) is 54.9 Å². The molecule has 2 rings (SSSR count). The summed E-state index contributed by atoms with van der Waals surface area (Å²) in [6.45, 7) is 3.93. The van der Waals surface area contributed by atoms with E-state index in [4.69, 9.17) is 11.6 Å². The van der Waals surface area contributed by atoms with Crippen LogP contribution in [0.25, 0.3) is 10.8 Å². The Bertz CT molecular complexity index is 685. The zero-order valence-corrected chi connectivity index (χ0v) is 9.83. The molecule has 88 valence electrons. The normalized spacial score (nSPS) is 10.6. The molecule has 1 aromatic heterocycles. The van der Waals surface area contributed by atoms with Gasteiger partial charge in [-0.2, -0.15) is 0 Å². The Morgan fingerprint density at radius 1 is 1.29 bits per heavy atom. The number of allylic oxidation sites excluding steroid dienone is 1. The number of nitrogens with one attached hydrogen (secondary N) is 1. The van der Waals surface area contributed by atoms with Gasteiger partial charge in [-0.1, -0.05) is 18.7 Å². The molecule has 4 nitrogen and oxygen atoms in total. The highest BCUT2D eigenvalue weighted by Gasteiger charge is 2.06. The van der Waals surface area contributed by atoms with Gasteiger partial charge in [-0.25, -0.2) is 4.68 Å². The fourth-order valence-corrected chi connectivity index (χ4v) is 1.71. The quantitative estimate of drug-likeness (QED) is 0.663. The Balaban J connectivity index is 2.68. The fourth-order valence-electron chi connectivity index (χ4n) is 1.62. The average Bonchev–Trinajstić information content (AvgIpc) is 2.35. The molecule has 2 aromatic rings. The van der Waals surface area contributed by atoms with Gasteiger partial charge >= 0.3 is 0 Å². The molecule has 0 aliphatic heterocycles. The van der Waals surface area contributed by atoms with Crippen LogP contribution in [0.15, 0.2) is 46.0 Å². The molecule has 0 spiro atoms. The lowest BCUT2D eigenvalue weighted by Gasteiger charge is -2.07. The van der Waals surface area contributed by atoms with Crippen LogP contribution in [0.2, 0.25) is 0 Å². The Kier molecular flexibility index (Phi) is 3.15. The van der Waals surface area contributed by atoms with Gasteiger partial charge in [-0.15, -0.1) is 11.6 Å². The molecule has 1 N–H and O–H groups in total. The molecule has 1 aromatic carbocycles. The smallest absolute Gasteiger partial charge is 0.267 e. The van der Waals surface area contributed by atoms with Gasteiger partial charge in [0.2, 0.25) is 0 Å². The van der Waals surface area contributed by atoms with Crippen LogP contribution >= 0.6 is 11.6 Å². The van der Waals surface area contributed by atoms with E-state index in [1.807, 2.05) is 0 Å². The van der Waals surface area contributed by atoms with E-state index in [0.29, 0.717) is 16.3 Å². The summed E-state index contributed by atoms with van der Waals surface area (Å²) in [5.41, 5.74) is 0.133. The van der Waals surface area contributed by atoms with Crippen molar-refractivity contribution in [2.24, 2.45) is 0 Å². The van der Waals surface area contributed by atoms with E-state index in [1.165, 1.54) is 4.68 Å². The summed E-state index contributed by atoms with van der Waals surface area (Å²) in [4.78, 5) is 23.8. The van der Waals surface area contributed by atoms with Crippen molar-refractivity contribution >= 4 is 22.4 Å². The van der Waals surface area contributed by atoms with Crippen molar-refractivity contribution in [3.63, 3.8) is 0 Å². The maximum absolute atomic E-state index is 12.0. The molecule has 1 heterocycles. The standard InChI is InChI=1S/C12H11ClN2O2/c1-8(6-13)7-15-12(17)10-5-3-2-4-9(10)11(16)14-15/h2-5H,1,6-7H2,(H,14,16). The number of aromatic amines is 1. The molecule has 0 atom stereocenters. The highest BCUT2D eigenvalue weighted by Crippen LogP contribution is 2.03. The molecule has 0 unspecified atom stereocenters. The van der Waals surface area contributed by atoms with Gasteiger partial charge in [0.25, 0.3) is 11.1 Å².